The molecule has 3 heteroatoms. The van der Waals surface area contributed by atoms with Crippen molar-refractivity contribution in [1.29, 1.82) is 0 Å². The SMILES string of the molecule is CC(C)c1ccc2c(c1)CC(c1cc(Cl)ccc1Cl)N2. The first-order chi connectivity index (χ1) is 9.54. The molecule has 0 aliphatic carbocycles. The molecule has 2 aromatic carbocycles. The molecule has 2 aromatic rings. The van der Waals surface area contributed by atoms with E-state index >= 15 is 0 Å². The molecular weight excluding hydrogens is 289 g/mol. The molecule has 1 N–H and O–H groups in total. The van der Waals surface area contributed by atoms with Gasteiger partial charge in [-0.3, -0.25) is 0 Å². The molecule has 0 spiro atoms. The molecule has 1 aliphatic heterocycles. The van der Waals surface area contributed by atoms with Gasteiger partial charge in [0.25, 0.3) is 0 Å². The van der Waals surface area contributed by atoms with Crippen molar-refractivity contribution in [3.05, 3.63) is 63.1 Å². The van der Waals surface area contributed by atoms with Gasteiger partial charge in [0.1, 0.15) is 0 Å². The molecule has 1 nitrogen and oxygen atoms in total. The van der Waals surface area contributed by atoms with Crippen LogP contribution >= 0.6 is 23.2 Å². The second kappa shape index (κ2) is 5.31. The Bertz CT molecular complexity index is 649. The van der Waals surface area contributed by atoms with Gasteiger partial charge in [0.15, 0.2) is 0 Å². The first-order valence-corrected chi connectivity index (χ1v) is 7.64. The molecule has 104 valence electrons. The summed E-state index contributed by atoms with van der Waals surface area (Å²) in [4.78, 5) is 0. The molecule has 3 rings (SSSR count). The molecule has 1 unspecified atom stereocenters. The molecular formula is C17H17Cl2N. The lowest BCUT2D eigenvalue weighted by Gasteiger charge is -2.13. The zero-order chi connectivity index (χ0) is 14.3. The summed E-state index contributed by atoms with van der Waals surface area (Å²) in [7, 11) is 0. The van der Waals surface area contributed by atoms with Gasteiger partial charge in [-0.2, -0.15) is 0 Å². The summed E-state index contributed by atoms with van der Waals surface area (Å²) < 4.78 is 0. The van der Waals surface area contributed by atoms with Crippen molar-refractivity contribution in [2.24, 2.45) is 0 Å². The number of hydrogen-bond donors (Lipinski definition) is 1. The summed E-state index contributed by atoms with van der Waals surface area (Å²) >= 11 is 12.4. The van der Waals surface area contributed by atoms with Gasteiger partial charge < -0.3 is 5.32 Å². The molecule has 20 heavy (non-hydrogen) atoms. The molecule has 1 aliphatic rings. The molecule has 0 saturated heterocycles. The summed E-state index contributed by atoms with van der Waals surface area (Å²) in [5.41, 5.74) is 5.01. The van der Waals surface area contributed by atoms with E-state index in [0.29, 0.717) is 5.92 Å². The van der Waals surface area contributed by atoms with E-state index in [9.17, 15) is 0 Å². The van der Waals surface area contributed by atoms with Crippen LogP contribution in [0.3, 0.4) is 0 Å². The summed E-state index contributed by atoms with van der Waals surface area (Å²) in [6.45, 7) is 4.44. The van der Waals surface area contributed by atoms with E-state index in [2.05, 4.69) is 37.4 Å². The Hall–Kier alpha value is -1.18. The maximum absolute atomic E-state index is 6.30. The van der Waals surface area contributed by atoms with E-state index in [-0.39, 0.29) is 6.04 Å². The lowest BCUT2D eigenvalue weighted by molar-refractivity contribution is 0.820. The Labute approximate surface area is 129 Å². The maximum Gasteiger partial charge on any atom is 0.0570 e. The Morgan fingerprint density at radius 2 is 1.90 bits per heavy atom. The highest BCUT2D eigenvalue weighted by molar-refractivity contribution is 6.33. The number of benzene rings is 2. The molecule has 1 atom stereocenters. The predicted octanol–water partition coefficient (Wildman–Crippen LogP) is 5.83. The molecule has 0 amide bonds. The zero-order valence-electron chi connectivity index (χ0n) is 11.6. The van der Waals surface area contributed by atoms with Crippen LogP contribution in [0.4, 0.5) is 5.69 Å². The molecule has 0 bridgehead atoms. The first kappa shape index (κ1) is 13.8. The monoisotopic (exact) mass is 305 g/mol. The predicted molar refractivity (Wildman–Crippen MR) is 87.1 cm³/mol. The second-order valence-electron chi connectivity index (χ2n) is 5.64. The van der Waals surface area contributed by atoms with E-state index in [4.69, 9.17) is 23.2 Å². The summed E-state index contributed by atoms with van der Waals surface area (Å²) in [5.74, 6) is 0.550. The minimum absolute atomic E-state index is 0.207. The number of nitrogens with one attached hydrogen (secondary N) is 1. The van der Waals surface area contributed by atoms with Gasteiger partial charge in [-0.25, -0.2) is 0 Å². The van der Waals surface area contributed by atoms with Crippen LogP contribution in [0.1, 0.15) is 42.5 Å². The highest BCUT2D eigenvalue weighted by Crippen LogP contribution is 2.38. The largest absolute Gasteiger partial charge is 0.378 e. The molecule has 0 fully saturated rings. The molecule has 0 radical (unpaired) electrons. The number of fused-ring (bicyclic) bond motifs is 1. The maximum atomic E-state index is 6.30. The smallest absolute Gasteiger partial charge is 0.0570 e. The third-order valence-electron chi connectivity index (χ3n) is 3.88. The summed E-state index contributed by atoms with van der Waals surface area (Å²) in [5, 5.41) is 5.04. The summed E-state index contributed by atoms with van der Waals surface area (Å²) in [6, 6.07) is 12.5. The average Bonchev–Trinajstić information content (AvgIpc) is 2.83. The standard InChI is InChI=1S/C17H17Cl2N/c1-10(2)11-3-6-16-12(7-11)8-17(20-16)14-9-13(18)4-5-15(14)19/h3-7,9-10,17,20H,8H2,1-2H3. The van der Waals surface area contributed by atoms with Gasteiger partial charge in [-0.15, -0.1) is 0 Å². The van der Waals surface area contributed by atoms with Crippen LogP contribution in [-0.4, -0.2) is 0 Å². The van der Waals surface area contributed by atoms with Crippen molar-refractivity contribution in [3.63, 3.8) is 0 Å². The lowest BCUT2D eigenvalue weighted by Crippen LogP contribution is -2.06. The van der Waals surface area contributed by atoms with Crippen molar-refractivity contribution < 1.29 is 0 Å². The van der Waals surface area contributed by atoms with Crippen molar-refractivity contribution in [2.45, 2.75) is 32.2 Å². The fourth-order valence-electron chi connectivity index (χ4n) is 2.71. The van der Waals surface area contributed by atoms with Crippen molar-refractivity contribution in [3.8, 4) is 0 Å². The second-order valence-corrected chi connectivity index (χ2v) is 6.48. The van der Waals surface area contributed by atoms with E-state index in [1.165, 1.54) is 16.8 Å². The first-order valence-electron chi connectivity index (χ1n) is 6.89. The summed E-state index contributed by atoms with van der Waals surface area (Å²) in [6.07, 6.45) is 0.954. The Morgan fingerprint density at radius 1 is 1.10 bits per heavy atom. The Kier molecular flexibility index (Phi) is 3.66. The number of halogens is 2. The number of anilines is 1. The van der Waals surface area contributed by atoms with Gasteiger partial charge >= 0.3 is 0 Å². The van der Waals surface area contributed by atoms with Crippen LogP contribution < -0.4 is 5.32 Å². The topological polar surface area (TPSA) is 12.0 Å². The molecule has 0 aromatic heterocycles. The average molecular weight is 306 g/mol. The highest BCUT2D eigenvalue weighted by atomic mass is 35.5. The van der Waals surface area contributed by atoms with Crippen molar-refractivity contribution in [1.82, 2.24) is 0 Å². The van der Waals surface area contributed by atoms with Crippen molar-refractivity contribution >= 4 is 28.9 Å². The Balaban J connectivity index is 1.92. The van der Waals surface area contributed by atoms with Crippen LogP contribution in [0.25, 0.3) is 0 Å². The van der Waals surface area contributed by atoms with E-state index in [0.717, 1.165) is 22.0 Å². The van der Waals surface area contributed by atoms with Crippen LogP contribution in [0.2, 0.25) is 10.0 Å². The van der Waals surface area contributed by atoms with Crippen molar-refractivity contribution in [2.75, 3.05) is 5.32 Å². The van der Waals surface area contributed by atoms with Gasteiger partial charge in [0.05, 0.1) is 6.04 Å². The minimum Gasteiger partial charge on any atom is -0.378 e. The molecule has 0 saturated carbocycles. The van der Waals surface area contributed by atoms with Crippen LogP contribution in [0.5, 0.6) is 0 Å². The third-order valence-corrected chi connectivity index (χ3v) is 4.46. The van der Waals surface area contributed by atoms with E-state index < -0.39 is 0 Å². The fraction of sp³-hybridized carbons (Fsp3) is 0.294. The number of rotatable bonds is 2. The highest BCUT2D eigenvalue weighted by Gasteiger charge is 2.24. The van der Waals surface area contributed by atoms with Crippen LogP contribution in [-0.2, 0) is 6.42 Å². The van der Waals surface area contributed by atoms with E-state index in [1.807, 2.05) is 18.2 Å². The van der Waals surface area contributed by atoms with E-state index in [1.54, 1.807) is 0 Å². The minimum atomic E-state index is 0.207. The zero-order valence-corrected chi connectivity index (χ0v) is 13.1. The number of hydrogen-bond acceptors (Lipinski definition) is 1. The fourth-order valence-corrected chi connectivity index (χ4v) is 3.14. The van der Waals surface area contributed by atoms with Crippen LogP contribution in [0, 0.1) is 0 Å². The van der Waals surface area contributed by atoms with Gasteiger partial charge in [0, 0.05) is 15.7 Å². The normalized spacial score (nSPS) is 17.1. The Morgan fingerprint density at radius 3 is 2.65 bits per heavy atom. The van der Waals surface area contributed by atoms with Crippen LogP contribution in [0.15, 0.2) is 36.4 Å². The van der Waals surface area contributed by atoms with Gasteiger partial charge in [0.2, 0.25) is 0 Å². The molecule has 1 heterocycles. The third kappa shape index (κ3) is 2.53. The van der Waals surface area contributed by atoms with Gasteiger partial charge in [-0.05, 0) is 53.3 Å². The quantitative estimate of drug-likeness (QED) is 0.736. The van der Waals surface area contributed by atoms with Gasteiger partial charge in [-0.1, -0.05) is 49.2 Å². The lowest BCUT2D eigenvalue weighted by atomic mass is 9.98.